The number of carbonyl (C=O) groups is 2. The zero-order valence-corrected chi connectivity index (χ0v) is 17.2. The smallest absolute Gasteiger partial charge is 0.282 e. The fourth-order valence-corrected chi connectivity index (χ4v) is 3.36. The van der Waals surface area contributed by atoms with Crippen molar-refractivity contribution in [3.8, 4) is 0 Å². The number of methoxy groups -OCH3 is 2. The van der Waals surface area contributed by atoms with E-state index in [0.29, 0.717) is 53.8 Å². The minimum absolute atomic E-state index is 0.343. The minimum atomic E-state index is -0.363. The third kappa shape index (κ3) is 4.50. The van der Waals surface area contributed by atoms with Gasteiger partial charge in [-0.2, -0.15) is 0 Å². The molecule has 7 heteroatoms. The summed E-state index contributed by atoms with van der Waals surface area (Å²) in [6.07, 6.45) is 0. The minimum Gasteiger partial charge on any atom is -0.383 e. The van der Waals surface area contributed by atoms with Crippen LogP contribution in [0.1, 0.15) is 5.56 Å². The highest BCUT2D eigenvalue weighted by atomic mass is 35.5. The summed E-state index contributed by atoms with van der Waals surface area (Å²) in [5.74, 6) is -0.725. The van der Waals surface area contributed by atoms with Crippen molar-refractivity contribution in [1.29, 1.82) is 0 Å². The van der Waals surface area contributed by atoms with Crippen LogP contribution in [0.2, 0.25) is 5.02 Å². The number of nitrogens with zero attached hydrogens (tertiary/aromatic N) is 2. The van der Waals surface area contributed by atoms with E-state index in [9.17, 15) is 9.59 Å². The second-order valence-corrected chi connectivity index (χ2v) is 6.92. The van der Waals surface area contributed by atoms with Crippen molar-refractivity contribution in [3.05, 3.63) is 70.9 Å². The standard InChI is InChI=1S/C22H23ClN2O4/c1-28-14-12-24(13-15-29-2)20-19(16-8-10-17(23)11-9-16)21(26)25(22(20)27)18-6-4-3-5-7-18/h3-11H,12-15H2,1-2H3. The van der Waals surface area contributed by atoms with E-state index in [4.69, 9.17) is 21.1 Å². The van der Waals surface area contributed by atoms with Crippen molar-refractivity contribution in [3.63, 3.8) is 0 Å². The predicted octanol–water partition coefficient (Wildman–Crippen LogP) is 3.22. The highest BCUT2D eigenvalue weighted by Gasteiger charge is 2.42. The van der Waals surface area contributed by atoms with E-state index in [1.807, 2.05) is 11.0 Å². The van der Waals surface area contributed by atoms with Gasteiger partial charge < -0.3 is 14.4 Å². The molecule has 0 unspecified atom stereocenters. The summed E-state index contributed by atoms with van der Waals surface area (Å²) in [5.41, 5.74) is 1.86. The topological polar surface area (TPSA) is 59.1 Å². The number of imide groups is 1. The van der Waals surface area contributed by atoms with Crippen LogP contribution < -0.4 is 4.90 Å². The van der Waals surface area contributed by atoms with Gasteiger partial charge in [-0.05, 0) is 29.8 Å². The van der Waals surface area contributed by atoms with Gasteiger partial charge >= 0.3 is 0 Å². The SMILES string of the molecule is COCCN(CCOC)C1=C(c2ccc(Cl)cc2)C(=O)N(c2ccccc2)C1=O. The first kappa shape index (κ1) is 21.0. The van der Waals surface area contributed by atoms with E-state index in [1.165, 1.54) is 4.90 Å². The molecule has 29 heavy (non-hydrogen) atoms. The number of carbonyl (C=O) groups excluding carboxylic acids is 2. The Hall–Kier alpha value is -2.67. The van der Waals surface area contributed by atoms with E-state index < -0.39 is 0 Å². The molecule has 2 amide bonds. The first-order valence-corrected chi connectivity index (χ1v) is 9.63. The fourth-order valence-electron chi connectivity index (χ4n) is 3.24. The van der Waals surface area contributed by atoms with E-state index >= 15 is 0 Å². The molecule has 0 saturated heterocycles. The summed E-state index contributed by atoms with van der Waals surface area (Å²) in [4.78, 5) is 29.9. The summed E-state index contributed by atoms with van der Waals surface area (Å²) < 4.78 is 10.4. The van der Waals surface area contributed by atoms with Crippen LogP contribution in [-0.2, 0) is 19.1 Å². The summed E-state index contributed by atoms with van der Waals surface area (Å²) in [7, 11) is 3.20. The summed E-state index contributed by atoms with van der Waals surface area (Å²) in [6.45, 7) is 1.73. The highest BCUT2D eigenvalue weighted by molar-refractivity contribution is 6.45. The monoisotopic (exact) mass is 414 g/mol. The Morgan fingerprint density at radius 1 is 0.862 bits per heavy atom. The molecule has 0 aliphatic carbocycles. The molecule has 0 bridgehead atoms. The van der Waals surface area contributed by atoms with Crippen molar-refractivity contribution in [2.75, 3.05) is 45.4 Å². The molecular formula is C22H23ClN2O4. The quantitative estimate of drug-likeness (QED) is 0.590. The van der Waals surface area contributed by atoms with Crippen molar-refractivity contribution < 1.29 is 19.1 Å². The lowest BCUT2D eigenvalue weighted by Crippen LogP contribution is -2.37. The Morgan fingerprint density at radius 3 is 2.00 bits per heavy atom. The van der Waals surface area contributed by atoms with Crippen molar-refractivity contribution in [2.45, 2.75) is 0 Å². The van der Waals surface area contributed by atoms with Gasteiger partial charge in [0.2, 0.25) is 0 Å². The van der Waals surface area contributed by atoms with Gasteiger partial charge in [-0.3, -0.25) is 9.59 Å². The van der Waals surface area contributed by atoms with Crippen LogP contribution in [0.5, 0.6) is 0 Å². The molecule has 1 aliphatic heterocycles. The average Bonchev–Trinajstić information content (AvgIpc) is 2.99. The second-order valence-electron chi connectivity index (χ2n) is 6.48. The Labute approximate surface area is 175 Å². The number of rotatable bonds is 9. The molecule has 2 aromatic carbocycles. The number of anilines is 1. The number of hydrogen-bond donors (Lipinski definition) is 0. The first-order valence-electron chi connectivity index (χ1n) is 9.25. The zero-order chi connectivity index (χ0) is 20.8. The molecule has 152 valence electrons. The molecule has 1 heterocycles. The zero-order valence-electron chi connectivity index (χ0n) is 16.4. The van der Waals surface area contributed by atoms with Gasteiger partial charge in [-0.1, -0.05) is 41.9 Å². The maximum absolute atomic E-state index is 13.4. The van der Waals surface area contributed by atoms with Gasteiger partial charge in [0.05, 0.1) is 24.5 Å². The van der Waals surface area contributed by atoms with E-state index in [1.54, 1.807) is 62.8 Å². The molecule has 6 nitrogen and oxygen atoms in total. The third-order valence-electron chi connectivity index (χ3n) is 4.65. The third-order valence-corrected chi connectivity index (χ3v) is 4.91. The van der Waals surface area contributed by atoms with Gasteiger partial charge in [0, 0.05) is 32.3 Å². The maximum Gasteiger partial charge on any atom is 0.282 e. The first-order chi connectivity index (χ1) is 14.1. The van der Waals surface area contributed by atoms with Crippen LogP contribution in [0.15, 0.2) is 60.3 Å². The van der Waals surface area contributed by atoms with Gasteiger partial charge in [-0.25, -0.2) is 4.90 Å². The Bertz CT molecular complexity index is 889. The van der Waals surface area contributed by atoms with Crippen LogP contribution >= 0.6 is 11.6 Å². The summed E-state index contributed by atoms with van der Waals surface area (Å²) in [6, 6.07) is 15.8. The normalized spacial score (nSPS) is 14.1. The maximum atomic E-state index is 13.4. The lowest BCUT2D eigenvalue weighted by Gasteiger charge is -2.25. The van der Waals surface area contributed by atoms with Gasteiger partial charge in [0.1, 0.15) is 5.70 Å². The van der Waals surface area contributed by atoms with Crippen molar-refractivity contribution >= 4 is 34.7 Å². The molecule has 0 aromatic heterocycles. The van der Waals surface area contributed by atoms with Gasteiger partial charge in [0.15, 0.2) is 0 Å². The Balaban J connectivity index is 2.11. The molecule has 0 radical (unpaired) electrons. The summed E-state index contributed by atoms with van der Waals surface area (Å²) in [5, 5.41) is 0.559. The number of halogens is 1. The van der Waals surface area contributed by atoms with Crippen LogP contribution in [0.4, 0.5) is 5.69 Å². The van der Waals surface area contributed by atoms with Gasteiger partial charge in [0.25, 0.3) is 11.8 Å². The summed E-state index contributed by atoms with van der Waals surface area (Å²) >= 11 is 6.02. The number of hydrogen-bond acceptors (Lipinski definition) is 5. The van der Waals surface area contributed by atoms with Crippen LogP contribution in [0.3, 0.4) is 0 Å². The van der Waals surface area contributed by atoms with Crippen LogP contribution in [0.25, 0.3) is 5.57 Å². The molecule has 0 saturated carbocycles. The fraction of sp³-hybridized carbons (Fsp3) is 0.273. The molecule has 0 spiro atoms. The van der Waals surface area contributed by atoms with Crippen molar-refractivity contribution in [1.82, 2.24) is 4.90 Å². The number of benzene rings is 2. The van der Waals surface area contributed by atoms with Crippen LogP contribution in [0, 0.1) is 0 Å². The molecule has 0 N–H and O–H groups in total. The largest absolute Gasteiger partial charge is 0.383 e. The second kappa shape index (κ2) is 9.69. The molecule has 3 rings (SSSR count). The molecule has 0 fully saturated rings. The molecule has 2 aromatic rings. The number of amides is 2. The van der Waals surface area contributed by atoms with Gasteiger partial charge in [-0.15, -0.1) is 0 Å². The lowest BCUT2D eigenvalue weighted by molar-refractivity contribution is -0.120. The van der Waals surface area contributed by atoms with E-state index in [0.717, 1.165) is 0 Å². The number of para-hydroxylation sites is 1. The highest BCUT2D eigenvalue weighted by Crippen LogP contribution is 2.35. The van der Waals surface area contributed by atoms with E-state index in [-0.39, 0.29) is 11.8 Å². The van der Waals surface area contributed by atoms with Crippen LogP contribution in [-0.4, -0.2) is 57.2 Å². The molecule has 0 atom stereocenters. The Morgan fingerprint density at radius 2 is 1.45 bits per heavy atom. The molecular weight excluding hydrogens is 392 g/mol. The van der Waals surface area contributed by atoms with Crippen molar-refractivity contribution in [2.24, 2.45) is 0 Å². The van der Waals surface area contributed by atoms with E-state index in [2.05, 4.69) is 0 Å². The molecule has 1 aliphatic rings. The Kier molecular flexibility index (Phi) is 7.04. The average molecular weight is 415 g/mol. The lowest BCUT2D eigenvalue weighted by atomic mass is 10.0. The predicted molar refractivity (Wildman–Crippen MR) is 113 cm³/mol. The number of ether oxygens (including phenoxy) is 2.